The van der Waals surface area contributed by atoms with Crippen LogP contribution in [0.4, 0.5) is 18.0 Å². The minimum absolute atomic E-state index is 0.0314. The van der Waals surface area contributed by atoms with Gasteiger partial charge in [0, 0.05) is 37.1 Å². The number of alkyl halides is 3. The number of pyridine rings is 1. The van der Waals surface area contributed by atoms with Gasteiger partial charge in [-0.1, -0.05) is 25.4 Å². The average molecular weight is 730 g/mol. The number of hydrogen-bond donors (Lipinski definition) is 1. The van der Waals surface area contributed by atoms with E-state index in [4.69, 9.17) is 21.1 Å². The van der Waals surface area contributed by atoms with E-state index in [1.54, 1.807) is 21.8 Å². The van der Waals surface area contributed by atoms with Crippen molar-refractivity contribution in [3.63, 3.8) is 0 Å². The Morgan fingerprint density at radius 2 is 1.80 bits per heavy atom. The molecule has 1 fully saturated rings. The third-order valence-corrected chi connectivity index (χ3v) is 9.44. The van der Waals surface area contributed by atoms with Gasteiger partial charge in [0.25, 0.3) is 5.91 Å². The lowest BCUT2D eigenvalue weighted by Crippen LogP contribution is -2.45. The zero-order chi connectivity index (χ0) is 36.4. The van der Waals surface area contributed by atoms with Gasteiger partial charge in [-0.2, -0.15) is 18.3 Å². The number of ether oxygens (including phenoxy) is 2. The van der Waals surface area contributed by atoms with Crippen LogP contribution in [0, 0.1) is 11.3 Å². The number of halogens is 4. The van der Waals surface area contributed by atoms with Gasteiger partial charge < -0.3 is 14.4 Å². The molecule has 2 atom stereocenters. The molecule has 0 aliphatic carbocycles. The SMILES string of the molecule is CC(C)(C)OC(=O)N1CC(CCCn2ccc(S(=O)NC(=O)c3ccc(-n4ccc(OCCC(C)(C)C(F)(F)F)n4)nc3Cl)n2)CC1(C)C. The van der Waals surface area contributed by atoms with Crippen LogP contribution in [0.15, 0.2) is 41.7 Å². The Kier molecular flexibility index (Phi) is 11.4. The van der Waals surface area contributed by atoms with Gasteiger partial charge in [0.15, 0.2) is 21.8 Å². The van der Waals surface area contributed by atoms with E-state index in [1.807, 2.05) is 34.6 Å². The number of aryl methyl sites for hydroxylation is 1. The van der Waals surface area contributed by atoms with Crippen LogP contribution in [-0.2, 0) is 22.3 Å². The summed E-state index contributed by atoms with van der Waals surface area (Å²) in [5.74, 6) is -0.0961. The smallest absolute Gasteiger partial charge is 0.410 e. The fourth-order valence-electron chi connectivity index (χ4n) is 5.30. The molecule has 4 heterocycles. The molecule has 0 aromatic carbocycles. The van der Waals surface area contributed by atoms with Gasteiger partial charge in [-0.15, -0.1) is 5.10 Å². The molecule has 4 rings (SSSR count). The third-order valence-electron chi connectivity index (χ3n) is 8.19. The van der Waals surface area contributed by atoms with Crippen molar-refractivity contribution < 1.29 is 36.4 Å². The summed E-state index contributed by atoms with van der Waals surface area (Å²) < 4.78 is 68.4. The lowest BCUT2D eigenvalue weighted by Gasteiger charge is -2.33. The number of likely N-dealkylation sites (tertiary alicyclic amines) is 1. The standard InChI is InChI=1S/C32H43ClF3N7O5S/c1-29(2,3)48-28(45)42-20-21(19-31(42,6)7)9-8-15-41-16-13-25(39-41)49(46)40-27(44)22-10-11-23(37-26(22)33)43-17-12-24(38-43)47-18-14-30(4,5)32(34,35)36/h10-13,16-17,21H,8-9,14-15,18-20H2,1-7H3,(H,40,44). The Hall–Kier alpha value is -3.66. The summed E-state index contributed by atoms with van der Waals surface area (Å²) in [5, 5.41) is 8.48. The largest absolute Gasteiger partial charge is 0.477 e. The Labute approximate surface area is 291 Å². The van der Waals surface area contributed by atoms with Crippen molar-refractivity contribution in [2.45, 2.75) is 103 Å². The topological polar surface area (TPSA) is 133 Å². The normalized spacial score (nSPS) is 17.2. The highest BCUT2D eigenvalue weighted by Crippen LogP contribution is 2.40. The second-order valence-corrected chi connectivity index (χ2v) is 15.8. The first-order valence-electron chi connectivity index (χ1n) is 15.8. The number of nitrogens with zero attached hydrogens (tertiary/aromatic N) is 6. The van der Waals surface area contributed by atoms with Gasteiger partial charge in [0.2, 0.25) is 5.88 Å². The van der Waals surface area contributed by atoms with Gasteiger partial charge in [-0.25, -0.2) is 18.7 Å². The van der Waals surface area contributed by atoms with Crippen LogP contribution < -0.4 is 9.46 Å². The molecular formula is C32H43ClF3N7O5S. The van der Waals surface area contributed by atoms with E-state index in [1.165, 1.54) is 29.1 Å². The molecule has 3 aromatic rings. The van der Waals surface area contributed by atoms with Gasteiger partial charge in [-0.3, -0.25) is 14.2 Å². The number of aromatic nitrogens is 5. The van der Waals surface area contributed by atoms with E-state index >= 15 is 0 Å². The predicted octanol–water partition coefficient (Wildman–Crippen LogP) is 6.74. The quantitative estimate of drug-likeness (QED) is 0.203. The monoisotopic (exact) mass is 729 g/mol. The van der Waals surface area contributed by atoms with Crippen LogP contribution in [0.25, 0.3) is 5.82 Å². The minimum Gasteiger partial charge on any atom is -0.477 e. The molecule has 1 aliphatic heterocycles. The van der Waals surface area contributed by atoms with Crippen LogP contribution in [0.3, 0.4) is 0 Å². The molecule has 0 bridgehead atoms. The van der Waals surface area contributed by atoms with Crippen LogP contribution >= 0.6 is 11.6 Å². The Bertz CT molecular complexity index is 1670. The molecule has 0 spiro atoms. The van der Waals surface area contributed by atoms with Crippen molar-refractivity contribution in [3.8, 4) is 11.7 Å². The number of rotatable bonds is 12. The molecule has 49 heavy (non-hydrogen) atoms. The van der Waals surface area contributed by atoms with E-state index in [-0.39, 0.29) is 52.1 Å². The van der Waals surface area contributed by atoms with Crippen LogP contribution in [0.2, 0.25) is 5.15 Å². The van der Waals surface area contributed by atoms with Gasteiger partial charge in [0.05, 0.1) is 17.6 Å². The van der Waals surface area contributed by atoms with Gasteiger partial charge >= 0.3 is 12.3 Å². The summed E-state index contributed by atoms with van der Waals surface area (Å²) >= 11 is 6.28. The molecular weight excluding hydrogens is 687 g/mol. The van der Waals surface area contributed by atoms with Crippen molar-refractivity contribution in [2.75, 3.05) is 13.2 Å². The molecule has 0 saturated carbocycles. The molecule has 3 aromatic heterocycles. The van der Waals surface area contributed by atoms with Crippen molar-refractivity contribution in [1.82, 2.24) is 34.2 Å². The lowest BCUT2D eigenvalue weighted by atomic mass is 9.89. The fourth-order valence-corrected chi connectivity index (χ4v) is 6.29. The van der Waals surface area contributed by atoms with E-state index in [0.717, 1.165) is 33.1 Å². The van der Waals surface area contributed by atoms with Crippen molar-refractivity contribution >= 4 is 34.6 Å². The summed E-state index contributed by atoms with van der Waals surface area (Å²) in [4.78, 5) is 31.6. The Morgan fingerprint density at radius 1 is 1.08 bits per heavy atom. The number of hydrogen-bond acceptors (Lipinski definition) is 8. The van der Waals surface area contributed by atoms with Gasteiger partial charge in [0.1, 0.15) is 10.8 Å². The number of amides is 2. The lowest BCUT2D eigenvalue weighted by molar-refractivity contribution is -0.215. The highest BCUT2D eigenvalue weighted by Gasteiger charge is 2.47. The molecule has 270 valence electrons. The maximum absolute atomic E-state index is 13.1. The summed E-state index contributed by atoms with van der Waals surface area (Å²) in [5.41, 5.74) is -2.81. The Balaban J connectivity index is 1.26. The molecule has 2 unspecified atom stereocenters. The second kappa shape index (κ2) is 14.7. The first-order valence-corrected chi connectivity index (χ1v) is 17.4. The first kappa shape index (κ1) is 38.1. The predicted molar refractivity (Wildman–Crippen MR) is 177 cm³/mol. The van der Waals surface area contributed by atoms with Crippen molar-refractivity contribution in [1.29, 1.82) is 0 Å². The van der Waals surface area contributed by atoms with Crippen molar-refractivity contribution in [2.24, 2.45) is 11.3 Å². The number of carbonyl (C=O) groups excluding carboxylic acids is 2. The summed E-state index contributed by atoms with van der Waals surface area (Å²) in [6.07, 6.45) is 0.769. The zero-order valence-electron chi connectivity index (χ0n) is 28.6. The van der Waals surface area contributed by atoms with E-state index in [0.29, 0.717) is 19.0 Å². The minimum atomic E-state index is -4.36. The molecule has 1 N–H and O–H groups in total. The summed E-state index contributed by atoms with van der Waals surface area (Å²) in [6.45, 7) is 12.8. The maximum Gasteiger partial charge on any atom is 0.410 e. The second-order valence-electron chi connectivity index (χ2n) is 14.3. The average Bonchev–Trinajstić information content (AvgIpc) is 3.70. The molecule has 0 radical (unpaired) electrons. The summed E-state index contributed by atoms with van der Waals surface area (Å²) in [6, 6.07) is 5.87. The molecule has 2 amide bonds. The van der Waals surface area contributed by atoms with E-state index < -0.39 is 34.1 Å². The van der Waals surface area contributed by atoms with E-state index in [9.17, 15) is 27.0 Å². The fraction of sp³-hybridized carbons (Fsp3) is 0.594. The van der Waals surface area contributed by atoms with E-state index in [2.05, 4.69) is 19.9 Å². The molecule has 1 aliphatic rings. The Morgan fingerprint density at radius 3 is 2.45 bits per heavy atom. The molecule has 12 nitrogen and oxygen atoms in total. The molecule has 17 heteroatoms. The third kappa shape index (κ3) is 9.96. The zero-order valence-corrected chi connectivity index (χ0v) is 30.2. The van der Waals surface area contributed by atoms with Crippen LogP contribution in [-0.4, -0.2) is 76.1 Å². The highest BCUT2D eigenvalue weighted by molar-refractivity contribution is 7.83. The summed E-state index contributed by atoms with van der Waals surface area (Å²) in [7, 11) is -1.97. The van der Waals surface area contributed by atoms with Crippen molar-refractivity contribution in [3.05, 3.63) is 47.4 Å². The number of nitrogens with one attached hydrogen (secondary N) is 1. The maximum atomic E-state index is 13.1. The van der Waals surface area contributed by atoms with Gasteiger partial charge in [-0.05, 0) is 84.4 Å². The highest BCUT2D eigenvalue weighted by atomic mass is 35.5. The van der Waals surface area contributed by atoms with Crippen LogP contribution in [0.5, 0.6) is 5.88 Å². The number of carbonyl (C=O) groups is 2. The first-order chi connectivity index (χ1) is 22.6. The molecule has 1 saturated heterocycles. The van der Waals surface area contributed by atoms with Crippen LogP contribution in [0.1, 0.15) is 84.5 Å².